The van der Waals surface area contributed by atoms with Crippen LogP contribution in [0.15, 0.2) is 53.7 Å². The number of ether oxygens (including phenoxy) is 1. The molecule has 1 aromatic heterocycles. The van der Waals surface area contributed by atoms with Crippen molar-refractivity contribution in [1.29, 1.82) is 0 Å². The molecule has 7 nitrogen and oxygen atoms in total. The second kappa shape index (κ2) is 9.38. The normalized spacial score (nSPS) is 14.0. The van der Waals surface area contributed by atoms with Crippen molar-refractivity contribution < 1.29 is 13.9 Å². The first kappa shape index (κ1) is 21.2. The Morgan fingerprint density at radius 3 is 2.45 bits per heavy atom. The summed E-state index contributed by atoms with van der Waals surface area (Å²) in [5.41, 5.74) is 1.52. The minimum Gasteiger partial charge on any atom is -0.497 e. The van der Waals surface area contributed by atoms with Crippen LogP contribution in [0.3, 0.4) is 0 Å². The van der Waals surface area contributed by atoms with Gasteiger partial charge in [0.2, 0.25) is 5.91 Å². The average molecular weight is 442 g/mol. The van der Waals surface area contributed by atoms with Crippen molar-refractivity contribution in [3.63, 3.8) is 0 Å². The number of piperazine rings is 1. The van der Waals surface area contributed by atoms with Gasteiger partial charge in [-0.25, -0.2) is 4.39 Å². The fourth-order valence-corrected chi connectivity index (χ4v) is 4.37. The van der Waals surface area contributed by atoms with Gasteiger partial charge < -0.3 is 19.1 Å². The van der Waals surface area contributed by atoms with Gasteiger partial charge in [-0.05, 0) is 36.4 Å². The molecule has 0 unspecified atom stereocenters. The van der Waals surface area contributed by atoms with Crippen LogP contribution in [0.2, 0.25) is 0 Å². The fourth-order valence-electron chi connectivity index (χ4n) is 3.55. The molecule has 2 aromatic carbocycles. The van der Waals surface area contributed by atoms with E-state index in [0.717, 1.165) is 17.1 Å². The Kier molecular flexibility index (Phi) is 6.41. The molecule has 3 aromatic rings. The SMILES string of the molecule is COc1ccc(-c2nnc(SCC(=O)N3CCN(c4ccccc4F)CC3)n2C)cc1. The summed E-state index contributed by atoms with van der Waals surface area (Å²) in [5.74, 6) is 1.62. The average Bonchev–Trinajstić information content (AvgIpc) is 3.18. The molecule has 0 aliphatic carbocycles. The largest absolute Gasteiger partial charge is 0.497 e. The number of thioether (sulfide) groups is 1. The lowest BCUT2D eigenvalue weighted by Gasteiger charge is -2.36. The number of anilines is 1. The van der Waals surface area contributed by atoms with Crippen LogP contribution in [-0.4, -0.2) is 64.6 Å². The first-order chi connectivity index (χ1) is 15.1. The molecule has 31 heavy (non-hydrogen) atoms. The molecule has 0 radical (unpaired) electrons. The molecule has 1 amide bonds. The summed E-state index contributed by atoms with van der Waals surface area (Å²) >= 11 is 1.37. The molecule has 0 bridgehead atoms. The van der Waals surface area contributed by atoms with E-state index >= 15 is 0 Å². The number of benzene rings is 2. The van der Waals surface area contributed by atoms with Crippen LogP contribution < -0.4 is 9.64 Å². The van der Waals surface area contributed by atoms with Crippen LogP contribution in [-0.2, 0) is 11.8 Å². The van der Waals surface area contributed by atoms with Gasteiger partial charge in [-0.15, -0.1) is 10.2 Å². The topological polar surface area (TPSA) is 63.5 Å². The van der Waals surface area contributed by atoms with Crippen LogP contribution in [0.5, 0.6) is 5.75 Å². The third-order valence-electron chi connectivity index (χ3n) is 5.33. The van der Waals surface area contributed by atoms with Gasteiger partial charge >= 0.3 is 0 Å². The monoisotopic (exact) mass is 441 g/mol. The van der Waals surface area contributed by atoms with Crippen molar-refractivity contribution in [3.8, 4) is 17.1 Å². The van der Waals surface area contributed by atoms with Crippen molar-refractivity contribution in [2.45, 2.75) is 5.16 Å². The zero-order chi connectivity index (χ0) is 21.8. The minimum absolute atomic E-state index is 0.0483. The second-order valence-electron chi connectivity index (χ2n) is 7.20. The third-order valence-corrected chi connectivity index (χ3v) is 6.34. The summed E-state index contributed by atoms with van der Waals surface area (Å²) < 4.78 is 21.1. The van der Waals surface area contributed by atoms with E-state index in [4.69, 9.17) is 4.74 Å². The zero-order valence-electron chi connectivity index (χ0n) is 17.5. The number of hydrogen-bond donors (Lipinski definition) is 0. The number of aromatic nitrogens is 3. The van der Waals surface area contributed by atoms with Crippen molar-refractivity contribution in [2.75, 3.05) is 43.9 Å². The molecule has 162 valence electrons. The number of amides is 1. The molecule has 1 fully saturated rings. The summed E-state index contributed by atoms with van der Waals surface area (Å²) in [7, 11) is 3.52. The number of carbonyl (C=O) groups is 1. The van der Waals surface area contributed by atoms with E-state index in [9.17, 15) is 9.18 Å². The van der Waals surface area contributed by atoms with Gasteiger partial charge in [0.05, 0.1) is 18.6 Å². The molecule has 1 saturated heterocycles. The molecule has 0 saturated carbocycles. The summed E-state index contributed by atoms with van der Waals surface area (Å²) in [6, 6.07) is 14.4. The van der Waals surface area contributed by atoms with Crippen molar-refractivity contribution in [1.82, 2.24) is 19.7 Å². The Labute approximate surface area is 184 Å². The van der Waals surface area contributed by atoms with Crippen LogP contribution in [0, 0.1) is 5.82 Å². The molecule has 1 aliphatic heterocycles. The van der Waals surface area contributed by atoms with E-state index in [1.165, 1.54) is 17.8 Å². The highest BCUT2D eigenvalue weighted by Gasteiger charge is 2.23. The number of nitrogens with zero attached hydrogens (tertiary/aromatic N) is 5. The van der Waals surface area contributed by atoms with Gasteiger partial charge in [-0.2, -0.15) is 0 Å². The second-order valence-corrected chi connectivity index (χ2v) is 8.14. The highest BCUT2D eigenvalue weighted by Crippen LogP contribution is 2.25. The predicted molar refractivity (Wildman–Crippen MR) is 119 cm³/mol. The number of methoxy groups -OCH3 is 1. The van der Waals surface area contributed by atoms with E-state index < -0.39 is 0 Å². The van der Waals surface area contributed by atoms with Crippen LogP contribution in [0.1, 0.15) is 0 Å². The molecule has 0 spiro atoms. The van der Waals surface area contributed by atoms with Gasteiger partial charge in [0, 0.05) is 38.8 Å². The maximum atomic E-state index is 14.0. The Morgan fingerprint density at radius 1 is 1.06 bits per heavy atom. The van der Waals surface area contributed by atoms with E-state index in [1.807, 2.05) is 51.7 Å². The lowest BCUT2D eigenvalue weighted by atomic mass is 10.2. The molecular formula is C22H24FN5O2S. The van der Waals surface area contributed by atoms with Crippen LogP contribution >= 0.6 is 11.8 Å². The Balaban J connectivity index is 1.32. The fraction of sp³-hybridized carbons (Fsp3) is 0.318. The van der Waals surface area contributed by atoms with E-state index in [0.29, 0.717) is 37.0 Å². The molecule has 0 atom stereocenters. The molecule has 0 N–H and O–H groups in total. The highest BCUT2D eigenvalue weighted by atomic mass is 32.2. The Hall–Kier alpha value is -3.07. The standard InChI is InChI=1S/C22H24FN5O2S/c1-26-21(16-7-9-17(30-2)10-8-16)24-25-22(26)31-15-20(29)28-13-11-27(12-14-28)19-6-4-3-5-18(19)23/h3-10H,11-15H2,1-2H3. The van der Waals surface area contributed by atoms with Crippen molar-refractivity contribution >= 4 is 23.4 Å². The van der Waals surface area contributed by atoms with Gasteiger partial charge in [0.1, 0.15) is 11.6 Å². The maximum absolute atomic E-state index is 14.0. The molecular weight excluding hydrogens is 417 g/mol. The first-order valence-corrected chi connectivity index (χ1v) is 11.0. The number of hydrogen-bond acceptors (Lipinski definition) is 6. The van der Waals surface area contributed by atoms with Crippen molar-refractivity contribution in [3.05, 3.63) is 54.3 Å². The lowest BCUT2D eigenvalue weighted by Crippen LogP contribution is -2.49. The number of halogens is 1. The summed E-state index contributed by atoms with van der Waals surface area (Å²) in [4.78, 5) is 16.5. The van der Waals surface area contributed by atoms with E-state index in [2.05, 4.69) is 10.2 Å². The minimum atomic E-state index is -0.229. The van der Waals surface area contributed by atoms with Crippen molar-refractivity contribution in [2.24, 2.45) is 7.05 Å². The smallest absolute Gasteiger partial charge is 0.233 e. The summed E-state index contributed by atoms with van der Waals surface area (Å²) in [5, 5.41) is 9.19. The molecule has 1 aliphatic rings. The Morgan fingerprint density at radius 2 is 1.77 bits per heavy atom. The van der Waals surface area contributed by atoms with E-state index in [-0.39, 0.29) is 17.5 Å². The number of rotatable bonds is 6. The van der Waals surface area contributed by atoms with Crippen LogP contribution in [0.4, 0.5) is 10.1 Å². The summed E-state index contributed by atoms with van der Waals surface area (Å²) in [6.07, 6.45) is 0. The summed E-state index contributed by atoms with van der Waals surface area (Å²) in [6.45, 7) is 2.37. The van der Waals surface area contributed by atoms with Gasteiger partial charge in [0.25, 0.3) is 0 Å². The third kappa shape index (κ3) is 4.66. The van der Waals surface area contributed by atoms with Crippen LogP contribution in [0.25, 0.3) is 11.4 Å². The number of para-hydroxylation sites is 1. The molecule has 4 rings (SSSR count). The number of carbonyl (C=O) groups excluding carboxylic acids is 1. The quantitative estimate of drug-likeness (QED) is 0.548. The first-order valence-electron chi connectivity index (χ1n) is 10.0. The zero-order valence-corrected chi connectivity index (χ0v) is 18.3. The van der Waals surface area contributed by atoms with Gasteiger partial charge in [-0.3, -0.25) is 4.79 Å². The lowest BCUT2D eigenvalue weighted by molar-refractivity contribution is -0.128. The van der Waals surface area contributed by atoms with Gasteiger partial charge in [-0.1, -0.05) is 23.9 Å². The van der Waals surface area contributed by atoms with E-state index in [1.54, 1.807) is 19.2 Å². The maximum Gasteiger partial charge on any atom is 0.233 e. The van der Waals surface area contributed by atoms with Gasteiger partial charge in [0.15, 0.2) is 11.0 Å². The molecule has 9 heteroatoms. The highest BCUT2D eigenvalue weighted by molar-refractivity contribution is 7.99. The Bertz CT molecular complexity index is 1050. The molecule has 2 heterocycles. The predicted octanol–water partition coefficient (Wildman–Crippen LogP) is 3.07.